The molecule has 0 spiro atoms. The van der Waals surface area contributed by atoms with Gasteiger partial charge in [0.2, 0.25) is 5.89 Å². The first-order chi connectivity index (χ1) is 5.65. The third-order valence-corrected chi connectivity index (χ3v) is 1.31. The number of nitrogens with zero attached hydrogens (tertiary/aromatic N) is 1. The van der Waals surface area contributed by atoms with Crippen LogP contribution in [-0.4, -0.2) is 18.1 Å². The van der Waals surface area contributed by atoms with Crippen LogP contribution in [-0.2, 0) is 4.74 Å². The Morgan fingerprint density at radius 1 is 1.83 bits per heavy atom. The topological polar surface area (TPSA) is 78.3 Å². The van der Waals surface area contributed by atoms with Crippen LogP contribution in [0.1, 0.15) is 29.3 Å². The molecule has 0 radical (unpaired) electrons. The van der Waals surface area contributed by atoms with Crippen molar-refractivity contribution in [2.24, 2.45) is 5.73 Å². The average Bonchev–Trinajstić information content (AvgIpc) is 2.51. The zero-order valence-corrected chi connectivity index (χ0v) is 6.90. The van der Waals surface area contributed by atoms with Crippen LogP contribution in [0.2, 0.25) is 0 Å². The highest BCUT2D eigenvalue weighted by atomic mass is 16.5. The lowest BCUT2D eigenvalue weighted by atomic mass is 10.4. The van der Waals surface area contributed by atoms with Gasteiger partial charge in [-0.1, -0.05) is 0 Å². The Bertz CT molecular complexity index is 280. The number of carbonyl (C=O) groups is 1. The number of hydrogen-bond acceptors (Lipinski definition) is 5. The van der Waals surface area contributed by atoms with Gasteiger partial charge in [0, 0.05) is 0 Å². The number of methoxy groups -OCH3 is 1. The predicted molar refractivity (Wildman–Crippen MR) is 40.4 cm³/mol. The van der Waals surface area contributed by atoms with Crippen LogP contribution >= 0.6 is 0 Å². The molecule has 0 aromatic carbocycles. The molecule has 2 N–H and O–H groups in total. The van der Waals surface area contributed by atoms with Gasteiger partial charge in [0.1, 0.15) is 6.26 Å². The summed E-state index contributed by atoms with van der Waals surface area (Å²) in [5.74, 6) is -0.193. The maximum absolute atomic E-state index is 10.9. The standard InChI is InChI=1S/C7H10N2O3/c1-4(8)6-9-5(3-12-6)7(10)11-2/h3-4H,8H2,1-2H3. The van der Waals surface area contributed by atoms with E-state index < -0.39 is 5.97 Å². The van der Waals surface area contributed by atoms with Gasteiger partial charge in [-0.2, -0.15) is 0 Å². The number of aromatic nitrogens is 1. The third-order valence-electron chi connectivity index (χ3n) is 1.31. The molecule has 0 aliphatic carbocycles. The van der Waals surface area contributed by atoms with Crippen molar-refractivity contribution in [3.63, 3.8) is 0 Å². The molecule has 0 amide bonds. The second kappa shape index (κ2) is 3.36. The second-order valence-electron chi connectivity index (χ2n) is 2.35. The van der Waals surface area contributed by atoms with Crippen LogP contribution in [0.15, 0.2) is 10.7 Å². The lowest BCUT2D eigenvalue weighted by molar-refractivity contribution is 0.0594. The fourth-order valence-electron chi connectivity index (χ4n) is 0.695. The summed E-state index contributed by atoms with van der Waals surface area (Å²) in [4.78, 5) is 14.7. The molecule has 1 atom stereocenters. The van der Waals surface area contributed by atoms with Gasteiger partial charge in [-0.3, -0.25) is 0 Å². The van der Waals surface area contributed by atoms with Gasteiger partial charge in [-0.25, -0.2) is 9.78 Å². The van der Waals surface area contributed by atoms with Crippen LogP contribution in [0, 0.1) is 0 Å². The third kappa shape index (κ3) is 1.62. The Hall–Kier alpha value is -1.36. The van der Waals surface area contributed by atoms with Crippen molar-refractivity contribution in [1.29, 1.82) is 0 Å². The van der Waals surface area contributed by atoms with Gasteiger partial charge < -0.3 is 14.9 Å². The number of esters is 1. The number of nitrogens with two attached hydrogens (primary N) is 1. The predicted octanol–water partition coefficient (Wildman–Crippen LogP) is 0.481. The molecule has 0 fully saturated rings. The monoisotopic (exact) mass is 170 g/mol. The molecular weight excluding hydrogens is 160 g/mol. The molecule has 1 aromatic heterocycles. The van der Waals surface area contributed by atoms with E-state index in [1.54, 1.807) is 6.92 Å². The number of rotatable bonds is 2. The van der Waals surface area contributed by atoms with Gasteiger partial charge in [0.15, 0.2) is 5.69 Å². The minimum atomic E-state index is -0.523. The lowest BCUT2D eigenvalue weighted by Crippen LogP contribution is -2.07. The van der Waals surface area contributed by atoms with Crippen LogP contribution in [0.3, 0.4) is 0 Å². The molecule has 0 aliphatic heterocycles. The van der Waals surface area contributed by atoms with E-state index in [1.807, 2.05) is 0 Å². The van der Waals surface area contributed by atoms with Crippen molar-refractivity contribution in [3.05, 3.63) is 17.8 Å². The van der Waals surface area contributed by atoms with E-state index in [4.69, 9.17) is 10.2 Å². The van der Waals surface area contributed by atoms with Crippen molar-refractivity contribution in [1.82, 2.24) is 4.98 Å². The van der Waals surface area contributed by atoms with E-state index in [2.05, 4.69) is 9.72 Å². The fourth-order valence-corrected chi connectivity index (χ4v) is 0.695. The number of carbonyl (C=O) groups excluding carboxylic acids is 1. The summed E-state index contributed by atoms with van der Waals surface area (Å²) < 4.78 is 9.34. The van der Waals surface area contributed by atoms with Crippen molar-refractivity contribution < 1.29 is 13.9 Å². The number of ether oxygens (including phenoxy) is 1. The summed E-state index contributed by atoms with van der Waals surface area (Å²) in [7, 11) is 1.28. The maximum Gasteiger partial charge on any atom is 0.360 e. The van der Waals surface area contributed by atoms with Crippen LogP contribution in [0.25, 0.3) is 0 Å². The minimum Gasteiger partial charge on any atom is -0.464 e. The van der Waals surface area contributed by atoms with E-state index in [0.29, 0.717) is 5.89 Å². The summed E-state index contributed by atoms with van der Waals surface area (Å²) in [5.41, 5.74) is 5.60. The fraction of sp³-hybridized carbons (Fsp3) is 0.429. The Kier molecular flexibility index (Phi) is 2.44. The molecule has 1 rings (SSSR count). The highest BCUT2D eigenvalue weighted by Gasteiger charge is 2.13. The first-order valence-corrected chi connectivity index (χ1v) is 3.44. The quantitative estimate of drug-likeness (QED) is 0.653. The highest BCUT2D eigenvalue weighted by molar-refractivity contribution is 5.86. The molecule has 0 saturated carbocycles. The first-order valence-electron chi connectivity index (χ1n) is 3.44. The van der Waals surface area contributed by atoms with Gasteiger partial charge in [-0.15, -0.1) is 0 Å². The molecule has 0 saturated heterocycles. The Morgan fingerprint density at radius 3 is 2.92 bits per heavy atom. The minimum absolute atomic E-state index is 0.143. The maximum atomic E-state index is 10.9. The smallest absolute Gasteiger partial charge is 0.360 e. The zero-order valence-electron chi connectivity index (χ0n) is 6.90. The lowest BCUT2D eigenvalue weighted by Gasteiger charge is -1.94. The highest BCUT2D eigenvalue weighted by Crippen LogP contribution is 2.09. The summed E-state index contributed by atoms with van der Waals surface area (Å²) in [6.07, 6.45) is 1.23. The van der Waals surface area contributed by atoms with Gasteiger partial charge in [0.25, 0.3) is 0 Å². The molecule has 66 valence electrons. The number of oxazole rings is 1. The molecule has 12 heavy (non-hydrogen) atoms. The molecule has 5 heteroatoms. The molecule has 5 nitrogen and oxygen atoms in total. The van der Waals surface area contributed by atoms with Crippen LogP contribution in [0.5, 0.6) is 0 Å². The molecular formula is C7H10N2O3. The zero-order chi connectivity index (χ0) is 9.14. The second-order valence-corrected chi connectivity index (χ2v) is 2.35. The van der Waals surface area contributed by atoms with Crippen molar-refractivity contribution >= 4 is 5.97 Å². The molecule has 0 bridgehead atoms. The van der Waals surface area contributed by atoms with Crippen LogP contribution < -0.4 is 5.73 Å². The van der Waals surface area contributed by atoms with Crippen molar-refractivity contribution in [3.8, 4) is 0 Å². The van der Waals surface area contributed by atoms with E-state index in [1.165, 1.54) is 13.4 Å². The van der Waals surface area contributed by atoms with E-state index in [0.717, 1.165) is 0 Å². The van der Waals surface area contributed by atoms with Gasteiger partial charge in [0.05, 0.1) is 13.2 Å². The molecule has 1 aromatic rings. The van der Waals surface area contributed by atoms with E-state index in [-0.39, 0.29) is 11.7 Å². The summed E-state index contributed by atoms with van der Waals surface area (Å²) in [6.45, 7) is 1.72. The summed E-state index contributed by atoms with van der Waals surface area (Å²) >= 11 is 0. The summed E-state index contributed by atoms with van der Waals surface area (Å²) in [5, 5.41) is 0. The first kappa shape index (κ1) is 8.73. The Labute approximate surface area is 69.5 Å². The van der Waals surface area contributed by atoms with E-state index >= 15 is 0 Å². The SMILES string of the molecule is COC(=O)c1coc(C(C)N)n1. The van der Waals surface area contributed by atoms with Crippen molar-refractivity contribution in [2.45, 2.75) is 13.0 Å². The molecule has 1 heterocycles. The summed E-state index contributed by atoms with van der Waals surface area (Å²) in [6, 6.07) is -0.316. The molecule has 0 aliphatic rings. The van der Waals surface area contributed by atoms with Crippen LogP contribution in [0.4, 0.5) is 0 Å². The largest absolute Gasteiger partial charge is 0.464 e. The van der Waals surface area contributed by atoms with Gasteiger partial charge in [-0.05, 0) is 6.92 Å². The molecule has 1 unspecified atom stereocenters. The van der Waals surface area contributed by atoms with Gasteiger partial charge >= 0.3 is 5.97 Å². The number of hydrogen-bond donors (Lipinski definition) is 1. The average molecular weight is 170 g/mol. The Morgan fingerprint density at radius 2 is 2.50 bits per heavy atom. The normalized spacial score (nSPS) is 12.6. The van der Waals surface area contributed by atoms with Crippen molar-refractivity contribution in [2.75, 3.05) is 7.11 Å². The van der Waals surface area contributed by atoms with E-state index in [9.17, 15) is 4.79 Å². The Balaban J connectivity index is 2.84.